The summed E-state index contributed by atoms with van der Waals surface area (Å²) >= 11 is 1.21. The zero-order chi connectivity index (χ0) is 14.8. The Morgan fingerprint density at radius 3 is 2.80 bits per heavy atom. The molecule has 3 N–H and O–H groups in total. The highest BCUT2D eigenvalue weighted by Gasteiger charge is 2.12. The van der Waals surface area contributed by atoms with Crippen molar-refractivity contribution in [1.29, 1.82) is 0 Å². The maximum absolute atomic E-state index is 11.9. The van der Waals surface area contributed by atoms with Gasteiger partial charge in [0.15, 0.2) is 5.17 Å². The lowest BCUT2D eigenvalue weighted by Crippen LogP contribution is -2.43. The lowest BCUT2D eigenvalue weighted by molar-refractivity contribution is 0.242. The average molecular weight is 298 g/mol. The van der Waals surface area contributed by atoms with Gasteiger partial charge in [0, 0.05) is 13.1 Å². The van der Waals surface area contributed by atoms with Crippen molar-refractivity contribution in [3.05, 3.63) is 12.2 Å². The van der Waals surface area contributed by atoms with Crippen LogP contribution < -0.4 is 16.0 Å². The van der Waals surface area contributed by atoms with Crippen molar-refractivity contribution >= 4 is 29.0 Å². The first-order chi connectivity index (χ1) is 9.65. The number of nitrogens with zero attached hydrogens (tertiary/aromatic N) is 1. The predicted octanol–water partition coefficient (Wildman–Crippen LogP) is 2.23. The molecule has 0 bridgehead atoms. The van der Waals surface area contributed by atoms with Gasteiger partial charge >= 0.3 is 12.1 Å². The molecule has 20 heavy (non-hydrogen) atoms. The van der Waals surface area contributed by atoms with Crippen molar-refractivity contribution in [2.75, 3.05) is 13.3 Å². The van der Waals surface area contributed by atoms with E-state index < -0.39 is 6.03 Å². The van der Waals surface area contributed by atoms with E-state index >= 15 is 0 Å². The Morgan fingerprint density at radius 1 is 1.30 bits per heavy atom. The van der Waals surface area contributed by atoms with Crippen LogP contribution in [-0.4, -0.2) is 36.6 Å². The van der Waals surface area contributed by atoms with Gasteiger partial charge in [-0.3, -0.25) is 5.32 Å². The number of urea groups is 2. The molecule has 0 saturated carbocycles. The van der Waals surface area contributed by atoms with Crippen LogP contribution in [0.25, 0.3) is 0 Å². The summed E-state index contributed by atoms with van der Waals surface area (Å²) in [7, 11) is 1.49. The number of aliphatic imine (C=N–C) groups is 1. The lowest BCUT2D eigenvalue weighted by atomic mass is 10.0. The molecular weight excluding hydrogens is 276 g/mol. The molecule has 1 aliphatic rings. The summed E-state index contributed by atoms with van der Waals surface area (Å²) in [6.07, 6.45) is 11.4. The fourth-order valence-corrected chi connectivity index (χ4v) is 2.22. The van der Waals surface area contributed by atoms with Crippen molar-refractivity contribution in [3.8, 4) is 0 Å². The molecule has 0 heterocycles. The molecule has 0 saturated heterocycles. The van der Waals surface area contributed by atoms with Gasteiger partial charge in [0.25, 0.3) is 0 Å². The number of carbonyl (C=O) groups is 2. The van der Waals surface area contributed by atoms with Crippen molar-refractivity contribution < 1.29 is 9.59 Å². The maximum atomic E-state index is 11.9. The van der Waals surface area contributed by atoms with Gasteiger partial charge in [-0.25, -0.2) is 9.59 Å². The van der Waals surface area contributed by atoms with Gasteiger partial charge in [-0.15, -0.1) is 0 Å². The number of allylic oxidation sites excluding steroid dienone is 1. The van der Waals surface area contributed by atoms with E-state index in [-0.39, 0.29) is 17.2 Å². The molecule has 1 rings (SSSR count). The molecule has 1 atom stereocenters. The smallest absolute Gasteiger partial charge is 0.339 e. The Labute approximate surface area is 123 Å². The summed E-state index contributed by atoms with van der Waals surface area (Å²) in [5.41, 5.74) is 0. The Bertz CT molecular complexity index is 396. The predicted molar refractivity (Wildman–Crippen MR) is 83.1 cm³/mol. The van der Waals surface area contributed by atoms with E-state index in [1.165, 1.54) is 31.7 Å². The standard InChI is InChI=1S/C13H22N4O2S/c1-14-11(18)16-13(20-2)17-12(19)15-10-8-6-4-3-5-7-9-10/h6,8,10H,3-5,7,9H2,1-2H3,(H3,14,15,16,17,18,19)/b8-6-. The summed E-state index contributed by atoms with van der Waals surface area (Å²) in [4.78, 5) is 26.7. The zero-order valence-corrected chi connectivity index (χ0v) is 12.8. The number of amides is 4. The van der Waals surface area contributed by atoms with E-state index in [2.05, 4.69) is 27.0 Å². The third kappa shape index (κ3) is 6.60. The largest absolute Gasteiger partial charge is 0.343 e. The molecule has 0 aromatic rings. The quantitative estimate of drug-likeness (QED) is 0.394. The summed E-state index contributed by atoms with van der Waals surface area (Å²) in [6, 6.07) is -0.781. The van der Waals surface area contributed by atoms with E-state index in [9.17, 15) is 9.59 Å². The summed E-state index contributed by atoms with van der Waals surface area (Å²) in [5, 5.41) is 8.12. The number of carbonyl (C=O) groups excluding carboxylic acids is 2. The third-order valence-electron chi connectivity index (χ3n) is 2.90. The van der Waals surface area contributed by atoms with Crippen LogP contribution >= 0.6 is 11.8 Å². The molecule has 6 nitrogen and oxygen atoms in total. The molecular formula is C13H22N4O2S. The van der Waals surface area contributed by atoms with E-state index in [1.54, 1.807) is 6.26 Å². The van der Waals surface area contributed by atoms with Gasteiger partial charge in [-0.05, 0) is 25.5 Å². The van der Waals surface area contributed by atoms with Gasteiger partial charge in [0.2, 0.25) is 0 Å². The topological polar surface area (TPSA) is 82.6 Å². The van der Waals surface area contributed by atoms with Crippen molar-refractivity contribution in [2.45, 2.75) is 38.1 Å². The van der Waals surface area contributed by atoms with Crippen molar-refractivity contribution in [2.24, 2.45) is 4.99 Å². The van der Waals surface area contributed by atoms with E-state index in [0.717, 1.165) is 19.3 Å². The van der Waals surface area contributed by atoms with E-state index in [1.807, 2.05) is 6.08 Å². The van der Waals surface area contributed by atoms with Gasteiger partial charge in [0.1, 0.15) is 0 Å². The van der Waals surface area contributed by atoms with Gasteiger partial charge < -0.3 is 10.6 Å². The van der Waals surface area contributed by atoms with Crippen LogP contribution in [0.5, 0.6) is 0 Å². The average Bonchev–Trinajstić information content (AvgIpc) is 2.40. The van der Waals surface area contributed by atoms with Crippen molar-refractivity contribution in [3.63, 3.8) is 0 Å². The maximum Gasteiger partial charge on any atom is 0.343 e. The highest BCUT2D eigenvalue weighted by molar-refractivity contribution is 8.13. The van der Waals surface area contributed by atoms with Gasteiger partial charge in [-0.1, -0.05) is 36.8 Å². The second-order valence-electron chi connectivity index (χ2n) is 4.45. The Balaban J connectivity index is 2.50. The van der Waals surface area contributed by atoms with Crippen LogP contribution in [-0.2, 0) is 0 Å². The zero-order valence-electron chi connectivity index (χ0n) is 11.9. The minimum atomic E-state index is -0.486. The monoisotopic (exact) mass is 298 g/mol. The third-order valence-corrected chi connectivity index (χ3v) is 3.48. The Hall–Kier alpha value is -1.50. The number of nitrogens with one attached hydrogen (secondary N) is 3. The molecule has 0 aliphatic heterocycles. The van der Waals surface area contributed by atoms with Crippen LogP contribution in [0.15, 0.2) is 17.1 Å². The molecule has 1 aliphatic carbocycles. The minimum Gasteiger partial charge on any atom is -0.339 e. The molecule has 112 valence electrons. The van der Waals surface area contributed by atoms with Crippen LogP contribution in [0.1, 0.15) is 32.1 Å². The molecule has 0 spiro atoms. The first-order valence-corrected chi connectivity index (χ1v) is 7.96. The number of hydrogen-bond donors (Lipinski definition) is 3. The molecule has 0 aromatic heterocycles. The second-order valence-corrected chi connectivity index (χ2v) is 5.24. The highest BCUT2D eigenvalue weighted by Crippen LogP contribution is 2.11. The highest BCUT2D eigenvalue weighted by atomic mass is 32.2. The minimum absolute atomic E-state index is 0.0402. The fraction of sp³-hybridized carbons (Fsp3) is 0.615. The summed E-state index contributed by atoms with van der Waals surface area (Å²) in [5.74, 6) is 0. The number of rotatable bonds is 1. The van der Waals surface area contributed by atoms with Crippen LogP contribution in [0.4, 0.5) is 9.59 Å². The van der Waals surface area contributed by atoms with Crippen LogP contribution in [0.3, 0.4) is 0 Å². The van der Waals surface area contributed by atoms with Crippen LogP contribution in [0, 0.1) is 0 Å². The normalized spacial score (nSPS) is 21.3. The Morgan fingerprint density at radius 2 is 2.10 bits per heavy atom. The fourth-order valence-electron chi connectivity index (χ4n) is 1.85. The van der Waals surface area contributed by atoms with Gasteiger partial charge in [-0.2, -0.15) is 4.99 Å². The van der Waals surface area contributed by atoms with Gasteiger partial charge in [0.05, 0.1) is 0 Å². The van der Waals surface area contributed by atoms with Crippen molar-refractivity contribution in [1.82, 2.24) is 16.0 Å². The number of thioether (sulfide) groups is 1. The first-order valence-electron chi connectivity index (χ1n) is 6.74. The second kappa shape index (κ2) is 9.41. The summed E-state index contributed by atoms with van der Waals surface area (Å²) < 4.78 is 0. The molecule has 4 amide bonds. The molecule has 7 heteroatoms. The van der Waals surface area contributed by atoms with E-state index in [4.69, 9.17) is 0 Å². The Kier molecular flexibility index (Phi) is 7.79. The molecule has 0 fully saturated rings. The number of hydrogen-bond acceptors (Lipinski definition) is 3. The lowest BCUT2D eigenvalue weighted by Gasteiger charge is -2.17. The molecule has 1 unspecified atom stereocenters. The molecule has 0 radical (unpaired) electrons. The molecule has 0 aromatic carbocycles. The van der Waals surface area contributed by atoms with E-state index in [0.29, 0.717) is 0 Å². The van der Waals surface area contributed by atoms with Crippen LogP contribution in [0.2, 0.25) is 0 Å². The first kappa shape index (κ1) is 16.6. The SMILES string of the molecule is CNC(=O)N=C(NC(=O)NC1/C=C\CCCCC1)SC. The number of amidine groups is 1. The summed E-state index contributed by atoms with van der Waals surface area (Å²) in [6.45, 7) is 0.